The van der Waals surface area contributed by atoms with Crippen LogP contribution in [0.4, 0.5) is 0 Å². The highest BCUT2D eigenvalue weighted by molar-refractivity contribution is 5.68. The number of hydrogen-bond acceptors (Lipinski definition) is 3. The number of aliphatic carboxylic acids is 1. The Morgan fingerprint density at radius 1 is 0.889 bits per heavy atom. The van der Waals surface area contributed by atoms with E-state index in [2.05, 4.69) is 6.92 Å². The van der Waals surface area contributed by atoms with Crippen molar-refractivity contribution in [1.29, 1.82) is 0 Å². The summed E-state index contributed by atoms with van der Waals surface area (Å²) in [4.78, 5) is 11.3. The maximum atomic E-state index is 11.3. The molecular weight excluding hydrogens is 336 g/mol. The third-order valence-electron chi connectivity index (χ3n) is 6.29. The van der Waals surface area contributed by atoms with Crippen molar-refractivity contribution in [2.75, 3.05) is 6.61 Å². The number of rotatable bonds is 19. The Labute approximate surface area is 168 Å². The highest BCUT2D eigenvalue weighted by Gasteiger charge is 2.35. The van der Waals surface area contributed by atoms with Crippen LogP contribution in [0.5, 0.6) is 0 Å². The van der Waals surface area contributed by atoms with Crippen molar-refractivity contribution in [2.45, 2.75) is 123 Å². The van der Waals surface area contributed by atoms with Crippen molar-refractivity contribution in [2.24, 2.45) is 17.8 Å². The number of unbranched alkanes of at least 4 members (excludes halogenated alkanes) is 8. The monoisotopic (exact) mass is 381 g/mol. The molecule has 160 valence electrons. The Bertz CT molecular complexity index is 369. The molecule has 0 spiro atoms. The van der Waals surface area contributed by atoms with Gasteiger partial charge < -0.3 is 14.6 Å². The van der Waals surface area contributed by atoms with Gasteiger partial charge in [-0.05, 0) is 38.0 Å². The molecule has 3 heteroatoms. The first-order chi connectivity index (χ1) is 13.1. The smallest absolute Gasteiger partial charge is 0.0627 e. The van der Waals surface area contributed by atoms with Gasteiger partial charge in [-0.1, -0.05) is 90.9 Å². The minimum absolute atomic E-state index is 0.232. The SMILES string of the molecule is CCCCCCCCC1CC1CCCCCCC(C(=O)[O-])C(C)OCCC. The molecule has 0 aromatic heterocycles. The normalized spacial score (nSPS) is 21.1. The highest BCUT2D eigenvalue weighted by Crippen LogP contribution is 2.45. The molecular formula is C24H45O3-. The summed E-state index contributed by atoms with van der Waals surface area (Å²) in [6.07, 6.45) is 18.8. The van der Waals surface area contributed by atoms with Crippen LogP contribution in [-0.4, -0.2) is 18.7 Å². The van der Waals surface area contributed by atoms with Crippen LogP contribution in [0.15, 0.2) is 0 Å². The van der Waals surface area contributed by atoms with Gasteiger partial charge in [-0.3, -0.25) is 0 Å². The number of hydrogen-bond donors (Lipinski definition) is 0. The summed E-state index contributed by atoms with van der Waals surface area (Å²) in [7, 11) is 0. The van der Waals surface area contributed by atoms with Crippen LogP contribution in [0.3, 0.4) is 0 Å². The Hall–Kier alpha value is -0.570. The van der Waals surface area contributed by atoms with Crippen molar-refractivity contribution < 1.29 is 14.6 Å². The second kappa shape index (κ2) is 15.4. The Morgan fingerprint density at radius 3 is 2.00 bits per heavy atom. The van der Waals surface area contributed by atoms with Crippen molar-refractivity contribution in [1.82, 2.24) is 0 Å². The first-order valence-electron chi connectivity index (χ1n) is 11.9. The molecule has 27 heavy (non-hydrogen) atoms. The third kappa shape index (κ3) is 11.8. The summed E-state index contributed by atoms with van der Waals surface area (Å²) in [6, 6.07) is 0. The van der Waals surface area contributed by atoms with Crippen molar-refractivity contribution in [3.05, 3.63) is 0 Å². The molecule has 0 heterocycles. The topological polar surface area (TPSA) is 49.4 Å². The van der Waals surface area contributed by atoms with Gasteiger partial charge in [0.15, 0.2) is 0 Å². The fourth-order valence-electron chi connectivity index (χ4n) is 4.29. The molecule has 0 aromatic carbocycles. The van der Waals surface area contributed by atoms with Crippen LogP contribution in [0.25, 0.3) is 0 Å². The van der Waals surface area contributed by atoms with E-state index >= 15 is 0 Å². The fourth-order valence-corrected chi connectivity index (χ4v) is 4.29. The molecule has 1 saturated carbocycles. The summed E-state index contributed by atoms with van der Waals surface area (Å²) in [5.41, 5.74) is 0. The molecule has 1 rings (SSSR count). The molecule has 0 amide bonds. The van der Waals surface area contributed by atoms with Gasteiger partial charge in [0.05, 0.1) is 6.10 Å². The van der Waals surface area contributed by atoms with Crippen LogP contribution in [0, 0.1) is 17.8 Å². The van der Waals surface area contributed by atoms with E-state index in [-0.39, 0.29) is 6.10 Å². The predicted octanol–water partition coefficient (Wildman–Crippen LogP) is 5.89. The van der Waals surface area contributed by atoms with Gasteiger partial charge in [0.25, 0.3) is 0 Å². The fraction of sp³-hybridized carbons (Fsp3) is 0.958. The van der Waals surface area contributed by atoms with Gasteiger partial charge in [-0.15, -0.1) is 0 Å². The average molecular weight is 382 g/mol. The average Bonchev–Trinajstić information content (AvgIpc) is 3.39. The van der Waals surface area contributed by atoms with E-state index in [0.717, 1.165) is 31.1 Å². The van der Waals surface area contributed by atoms with E-state index in [1.165, 1.54) is 70.6 Å². The standard InChI is InChI=1S/C24H46O3/c1-4-6-7-8-9-12-15-21-19-22(21)16-13-10-11-14-17-23(24(25)26)20(3)27-18-5-2/h20-23H,4-19H2,1-3H3,(H,25,26)/p-1. The van der Waals surface area contributed by atoms with Crippen LogP contribution in [0.2, 0.25) is 0 Å². The van der Waals surface area contributed by atoms with Gasteiger partial charge in [-0.2, -0.15) is 0 Å². The molecule has 0 aromatic rings. The molecule has 0 aliphatic heterocycles. The third-order valence-corrected chi connectivity index (χ3v) is 6.29. The predicted molar refractivity (Wildman–Crippen MR) is 111 cm³/mol. The first kappa shape index (κ1) is 24.5. The number of carbonyl (C=O) groups is 1. The second-order valence-corrected chi connectivity index (χ2v) is 8.81. The second-order valence-electron chi connectivity index (χ2n) is 8.81. The van der Waals surface area contributed by atoms with E-state index < -0.39 is 11.9 Å². The molecule has 3 nitrogen and oxygen atoms in total. The first-order valence-corrected chi connectivity index (χ1v) is 11.9. The van der Waals surface area contributed by atoms with Crippen LogP contribution >= 0.6 is 0 Å². The minimum Gasteiger partial charge on any atom is -0.550 e. The zero-order chi connectivity index (χ0) is 19.9. The van der Waals surface area contributed by atoms with Crippen molar-refractivity contribution >= 4 is 5.97 Å². The molecule has 4 unspecified atom stereocenters. The summed E-state index contributed by atoms with van der Waals surface area (Å²) in [5, 5.41) is 11.3. The van der Waals surface area contributed by atoms with Gasteiger partial charge in [-0.25, -0.2) is 0 Å². The Kier molecular flexibility index (Phi) is 13.9. The molecule has 1 aliphatic carbocycles. The van der Waals surface area contributed by atoms with Crippen LogP contribution < -0.4 is 5.11 Å². The maximum Gasteiger partial charge on any atom is 0.0627 e. The van der Waals surface area contributed by atoms with E-state index in [4.69, 9.17) is 4.74 Å². The molecule has 4 atom stereocenters. The maximum absolute atomic E-state index is 11.3. The molecule has 0 N–H and O–H groups in total. The number of carboxylic acid groups (broad SMARTS) is 1. The summed E-state index contributed by atoms with van der Waals surface area (Å²) >= 11 is 0. The van der Waals surface area contributed by atoms with Crippen molar-refractivity contribution in [3.8, 4) is 0 Å². The van der Waals surface area contributed by atoms with E-state index in [0.29, 0.717) is 13.0 Å². The summed E-state index contributed by atoms with van der Waals surface area (Å²) in [5.74, 6) is 0.616. The van der Waals surface area contributed by atoms with E-state index in [1.807, 2.05) is 13.8 Å². The quantitative estimate of drug-likeness (QED) is 0.262. The summed E-state index contributed by atoms with van der Waals surface area (Å²) in [6.45, 7) is 6.82. The highest BCUT2D eigenvalue weighted by atomic mass is 16.5. The van der Waals surface area contributed by atoms with E-state index in [1.54, 1.807) is 0 Å². The lowest BCUT2D eigenvalue weighted by molar-refractivity contribution is -0.315. The van der Waals surface area contributed by atoms with Gasteiger partial charge in [0, 0.05) is 18.5 Å². The lowest BCUT2D eigenvalue weighted by Gasteiger charge is -2.25. The minimum atomic E-state index is -0.950. The Balaban J connectivity index is 1.96. The van der Waals surface area contributed by atoms with Crippen molar-refractivity contribution in [3.63, 3.8) is 0 Å². The number of carbonyl (C=O) groups excluding carboxylic acids is 1. The summed E-state index contributed by atoms with van der Waals surface area (Å²) < 4.78 is 5.58. The van der Waals surface area contributed by atoms with Gasteiger partial charge in [0.2, 0.25) is 0 Å². The lowest BCUT2D eigenvalue weighted by Crippen LogP contribution is -2.38. The van der Waals surface area contributed by atoms with Gasteiger partial charge >= 0.3 is 0 Å². The lowest BCUT2D eigenvalue weighted by atomic mass is 9.95. The molecule has 0 saturated heterocycles. The zero-order valence-electron chi connectivity index (χ0n) is 18.3. The molecule has 0 bridgehead atoms. The number of carboxylic acids is 1. The molecule has 1 fully saturated rings. The largest absolute Gasteiger partial charge is 0.550 e. The van der Waals surface area contributed by atoms with Crippen LogP contribution in [-0.2, 0) is 9.53 Å². The molecule has 0 radical (unpaired) electrons. The van der Waals surface area contributed by atoms with E-state index in [9.17, 15) is 9.90 Å². The van der Waals surface area contributed by atoms with Gasteiger partial charge in [0.1, 0.15) is 0 Å². The molecule has 1 aliphatic rings. The Morgan fingerprint density at radius 2 is 1.44 bits per heavy atom. The van der Waals surface area contributed by atoms with Crippen LogP contribution in [0.1, 0.15) is 117 Å². The number of ether oxygens (including phenoxy) is 1. The zero-order valence-corrected chi connectivity index (χ0v) is 18.3.